The maximum atomic E-state index is 6.11. The van der Waals surface area contributed by atoms with E-state index in [1.807, 2.05) is 10.6 Å². The van der Waals surface area contributed by atoms with E-state index in [-0.39, 0.29) is 0 Å². The summed E-state index contributed by atoms with van der Waals surface area (Å²) in [7, 11) is 0. The number of aryl methyl sites for hydroxylation is 3. The van der Waals surface area contributed by atoms with Gasteiger partial charge in [-0.25, -0.2) is 4.98 Å². The van der Waals surface area contributed by atoms with Crippen LogP contribution in [-0.4, -0.2) is 9.55 Å². The fourth-order valence-corrected chi connectivity index (χ4v) is 2.61. The van der Waals surface area contributed by atoms with Crippen LogP contribution in [0.1, 0.15) is 16.7 Å². The molecule has 19 heavy (non-hydrogen) atoms. The second-order valence-corrected chi connectivity index (χ2v) is 5.09. The summed E-state index contributed by atoms with van der Waals surface area (Å²) in [5.74, 6) is 0.536. The van der Waals surface area contributed by atoms with E-state index in [2.05, 4.69) is 56.1 Å². The Labute approximate surface area is 112 Å². The number of hydrogen-bond acceptors (Lipinski definition) is 2. The number of imidazole rings is 1. The molecule has 0 aliphatic heterocycles. The zero-order valence-corrected chi connectivity index (χ0v) is 11.4. The van der Waals surface area contributed by atoms with Gasteiger partial charge in [-0.1, -0.05) is 18.2 Å². The van der Waals surface area contributed by atoms with Gasteiger partial charge < -0.3 is 5.73 Å². The predicted molar refractivity (Wildman–Crippen MR) is 79.7 cm³/mol. The van der Waals surface area contributed by atoms with Gasteiger partial charge in [0.1, 0.15) is 0 Å². The quantitative estimate of drug-likeness (QED) is 0.719. The number of rotatable bonds is 1. The average Bonchev–Trinajstić information content (AvgIpc) is 2.65. The van der Waals surface area contributed by atoms with E-state index < -0.39 is 0 Å². The molecule has 0 saturated carbocycles. The highest BCUT2D eigenvalue weighted by molar-refractivity contribution is 5.83. The van der Waals surface area contributed by atoms with Crippen molar-refractivity contribution in [3.05, 3.63) is 53.1 Å². The van der Waals surface area contributed by atoms with Crippen molar-refractivity contribution in [1.29, 1.82) is 0 Å². The maximum Gasteiger partial charge on any atom is 0.205 e. The van der Waals surface area contributed by atoms with E-state index in [0.29, 0.717) is 5.95 Å². The molecule has 0 aliphatic carbocycles. The second kappa shape index (κ2) is 4.12. The summed E-state index contributed by atoms with van der Waals surface area (Å²) in [5.41, 5.74) is 12.8. The van der Waals surface area contributed by atoms with Crippen LogP contribution < -0.4 is 5.73 Å². The molecule has 0 aliphatic rings. The molecule has 0 radical (unpaired) electrons. The highest BCUT2D eigenvalue weighted by Gasteiger charge is 2.11. The van der Waals surface area contributed by atoms with Crippen molar-refractivity contribution < 1.29 is 0 Å². The summed E-state index contributed by atoms with van der Waals surface area (Å²) in [4.78, 5) is 4.49. The van der Waals surface area contributed by atoms with Crippen molar-refractivity contribution in [2.45, 2.75) is 20.8 Å². The van der Waals surface area contributed by atoms with Crippen LogP contribution >= 0.6 is 0 Å². The Morgan fingerprint density at radius 3 is 2.37 bits per heavy atom. The molecular formula is C16H17N3. The predicted octanol–water partition coefficient (Wildman–Crippen LogP) is 3.53. The van der Waals surface area contributed by atoms with Crippen molar-refractivity contribution in [2.75, 3.05) is 5.73 Å². The first-order valence-corrected chi connectivity index (χ1v) is 6.38. The van der Waals surface area contributed by atoms with Gasteiger partial charge in [-0.2, -0.15) is 0 Å². The number of hydrogen-bond donors (Lipinski definition) is 1. The maximum absolute atomic E-state index is 6.11. The summed E-state index contributed by atoms with van der Waals surface area (Å²) in [6, 6.07) is 12.6. The molecule has 0 amide bonds. The number of anilines is 1. The van der Waals surface area contributed by atoms with E-state index >= 15 is 0 Å². The lowest BCUT2D eigenvalue weighted by Gasteiger charge is -2.09. The lowest BCUT2D eigenvalue weighted by atomic mass is 10.1. The van der Waals surface area contributed by atoms with Gasteiger partial charge >= 0.3 is 0 Å². The van der Waals surface area contributed by atoms with Crippen LogP contribution in [0.5, 0.6) is 0 Å². The third kappa shape index (κ3) is 1.87. The van der Waals surface area contributed by atoms with Gasteiger partial charge in [0.2, 0.25) is 5.95 Å². The molecule has 0 unspecified atom stereocenters. The Morgan fingerprint density at radius 1 is 1.00 bits per heavy atom. The molecule has 0 spiro atoms. The summed E-state index contributed by atoms with van der Waals surface area (Å²) in [5, 5.41) is 0. The molecule has 3 rings (SSSR count). The van der Waals surface area contributed by atoms with Gasteiger partial charge in [-0.05, 0) is 55.7 Å². The highest BCUT2D eigenvalue weighted by Crippen LogP contribution is 2.26. The van der Waals surface area contributed by atoms with Gasteiger partial charge in [-0.3, -0.25) is 4.57 Å². The van der Waals surface area contributed by atoms with Crippen molar-refractivity contribution >= 4 is 17.0 Å². The third-order valence-electron chi connectivity index (χ3n) is 3.38. The number of para-hydroxylation sites is 1. The highest BCUT2D eigenvalue weighted by atomic mass is 15.2. The number of benzene rings is 2. The van der Waals surface area contributed by atoms with Crippen LogP contribution in [0.15, 0.2) is 36.4 Å². The average molecular weight is 251 g/mol. The molecule has 2 aromatic carbocycles. The molecule has 0 fully saturated rings. The Morgan fingerprint density at radius 2 is 1.68 bits per heavy atom. The van der Waals surface area contributed by atoms with Crippen LogP contribution in [0.25, 0.3) is 16.7 Å². The molecule has 96 valence electrons. The molecule has 3 heteroatoms. The van der Waals surface area contributed by atoms with E-state index in [9.17, 15) is 0 Å². The Balaban J connectivity index is 2.36. The molecule has 0 atom stereocenters. The molecule has 3 aromatic rings. The SMILES string of the molecule is Cc1cc(C)cc(-n2c(N)nc3c(C)cccc32)c1. The van der Waals surface area contributed by atoms with Gasteiger partial charge in [0.25, 0.3) is 0 Å². The van der Waals surface area contributed by atoms with Crippen LogP contribution in [0.3, 0.4) is 0 Å². The number of nitrogens with zero attached hydrogens (tertiary/aromatic N) is 2. The van der Waals surface area contributed by atoms with E-state index in [1.54, 1.807) is 0 Å². The fourth-order valence-electron chi connectivity index (χ4n) is 2.61. The number of nitrogen functional groups attached to an aromatic ring is 1. The first-order chi connectivity index (χ1) is 9.06. The lowest BCUT2D eigenvalue weighted by molar-refractivity contribution is 1.10. The van der Waals surface area contributed by atoms with Gasteiger partial charge in [0.15, 0.2) is 0 Å². The summed E-state index contributed by atoms with van der Waals surface area (Å²) >= 11 is 0. The Kier molecular flexibility index (Phi) is 2.56. The molecule has 1 aromatic heterocycles. The first-order valence-electron chi connectivity index (χ1n) is 6.38. The second-order valence-electron chi connectivity index (χ2n) is 5.09. The van der Waals surface area contributed by atoms with Crippen LogP contribution in [0.2, 0.25) is 0 Å². The van der Waals surface area contributed by atoms with Gasteiger partial charge in [0.05, 0.1) is 11.0 Å². The summed E-state index contributed by atoms with van der Waals surface area (Å²) in [6.07, 6.45) is 0. The third-order valence-corrected chi connectivity index (χ3v) is 3.38. The Hall–Kier alpha value is -2.29. The van der Waals surface area contributed by atoms with E-state index in [0.717, 1.165) is 22.3 Å². The zero-order chi connectivity index (χ0) is 13.6. The topological polar surface area (TPSA) is 43.8 Å². The minimum absolute atomic E-state index is 0.536. The number of fused-ring (bicyclic) bond motifs is 1. The van der Waals surface area contributed by atoms with Crippen molar-refractivity contribution in [1.82, 2.24) is 9.55 Å². The minimum atomic E-state index is 0.536. The molecule has 0 saturated heterocycles. The molecule has 0 bridgehead atoms. The van der Waals surface area contributed by atoms with Crippen LogP contribution in [-0.2, 0) is 0 Å². The van der Waals surface area contributed by atoms with E-state index in [1.165, 1.54) is 11.1 Å². The lowest BCUT2D eigenvalue weighted by Crippen LogP contribution is -2.01. The number of nitrogens with two attached hydrogens (primary N) is 1. The fraction of sp³-hybridized carbons (Fsp3) is 0.188. The largest absolute Gasteiger partial charge is 0.369 e. The standard InChI is InChI=1S/C16H17N3/c1-10-7-11(2)9-13(8-10)19-14-6-4-5-12(3)15(14)18-16(19)17/h4-9H,1-3H3,(H2,17,18). The zero-order valence-electron chi connectivity index (χ0n) is 11.4. The molecule has 1 heterocycles. The van der Waals surface area contributed by atoms with E-state index in [4.69, 9.17) is 5.73 Å². The van der Waals surface area contributed by atoms with Crippen molar-refractivity contribution in [2.24, 2.45) is 0 Å². The monoisotopic (exact) mass is 251 g/mol. The summed E-state index contributed by atoms with van der Waals surface area (Å²) < 4.78 is 2.02. The minimum Gasteiger partial charge on any atom is -0.369 e. The van der Waals surface area contributed by atoms with Gasteiger partial charge in [0, 0.05) is 5.69 Å². The molecule has 3 nitrogen and oxygen atoms in total. The van der Waals surface area contributed by atoms with Crippen LogP contribution in [0.4, 0.5) is 5.95 Å². The molecular weight excluding hydrogens is 234 g/mol. The normalized spacial score (nSPS) is 11.1. The first kappa shape index (κ1) is 11.8. The summed E-state index contributed by atoms with van der Waals surface area (Å²) in [6.45, 7) is 6.24. The van der Waals surface area contributed by atoms with Gasteiger partial charge in [-0.15, -0.1) is 0 Å². The molecule has 2 N–H and O–H groups in total. The smallest absolute Gasteiger partial charge is 0.205 e. The Bertz CT molecular complexity index is 749. The number of aromatic nitrogens is 2. The van der Waals surface area contributed by atoms with Crippen LogP contribution in [0, 0.1) is 20.8 Å². The van der Waals surface area contributed by atoms with Crippen molar-refractivity contribution in [3.8, 4) is 5.69 Å². The van der Waals surface area contributed by atoms with Crippen molar-refractivity contribution in [3.63, 3.8) is 0 Å².